The number of benzene rings is 1. The van der Waals surface area contributed by atoms with Crippen LogP contribution in [0.3, 0.4) is 0 Å². The van der Waals surface area contributed by atoms with Crippen molar-refractivity contribution < 1.29 is 14.9 Å². The number of likely N-dealkylation sites (N-methyl/N-ethyl adjacent to an activating group) is 1. The molecule has 2 heterocycles. The zero-order valence-corrected chi connectivity index (χ0v) is 11.8. The molecule has 1 fully saturated rings. The maximum absolute atomic E-state index is 10.3. The molecule has 2 aliphatic carbocycles. The fraction of sp³-hybridized carbons (Fsp3) is 0.471. The second-order valence-corrected chi connectivity index (χ2v) is 6.71. The molecule has 1 spiro atoms. The molecule has 5 rings (SSSR count). The number of aromatic hydroxyl groups is 1. The van der Waals surface area contributed by atoms with Crippen molar-refractivity contribution >= 4 is 0 Å². The van der Waals surface area contributed by atoms with Gasteiger partial charge in [0.1, 0.15) is 0 Å². The van der Waals surface area contributed by atoms with Gasteiger partial charge in [0, 0.05) is 17.5 Å². The number of hydrogen-bond donors (Lipinski definition) is 2. The molecule has 108 valence electrons. The highest BCUT2D eigenvalue weighted by Gasteiger charge is 2.63. The van der Waals surface area contributed by atoms with Crippen LogP contribution in [0.4, 0.5) is 0 Å². The van der Waals surface area contributed by atoms with Crippen molar-refractivity contribution in [2.75, 3.05) is 13.6 Å². The molecule has 0 unspecified atom stereocenters. The normalized spacial score (nSPS) is 38.7. The van der Waals surface area contributed by atoms with Gasteiger partial charge in [-0.1, -0.05) is 11.8 Å². The number of nitrogens with zero attached hydrogens (tertiary/aromatic N) is 1. The Hall–Kier alpha value is -1.90. The van der Waals surface area contributed by atoms with Crippen LogP contribution >= 0.6 is 0 Å². The Labute approximate surface area is 123 Å². The summed E-state index contributed by atoms with van der Waals surface area (Å²) in [6, 6.07) is 4.14. The molecule has 4 heteroatoms. The van der Waals surface area contributed by atoms with Crippen LogP contribution in [0.15, 0.2) is 29.7 Å². The molecule has 1 aromatic rings. The quantitative estimate of drug-likeness (QED) is 0.714. The molecule has 4 aliphatic rings. The summed E-state index contributed by atoms with van der Waals surface area (Å²) in [5, 5.41) is 20.5. The van der Waals surface area contributed by atoms with Crippen LogP contribution < -0.4 is 4.74 Å². The summed E-state index contributed by atoms with van der Waals surface area (Å²) in [6.45, 7) is 0.983. The Morgan fingerprint density at radius 1 is 1.38 bits per heavy atom. The van der Waals surface area contributed by atoms with Crippen LogP contribution in [0, 0.1) is 5.92 Å². The molecule has 1 saturated heterocycles. The fourth-order valence-electron chi connectivity index (χ4n) is 4.99. The molecule has 21 heavy (non-hydrogen) atoms. The minimum absolute atomic E-state index is 0.165. The van der Waals surface area contributed by atoms with Crippen molar-refractivity contribution in [1.29, 1.82) is 0 Å². The largest absolute Gasteiger partial charge is 0.504 e. The number of piperidine rings is 1. The minimum Gasteiger partial charge on any atom is -0.504 e. The van der Waals surface area contributed by atoms with E-state index in [2.05, 4.69) is 17.7 Å². The highest BCUT2D eigenvalue weighted by atomic mass is 16.5. The molecule has 0 radical (unpaired) electrons. The first-order valence-electron chi connectivity index (χ1n) is 7.51. The SMILES string of the molecule is CN1CC[C@]23c4c5ccc(O)c4O[C@H]2C(O)=C=C[C@H]3[C@H]1C5. The Morgan fingerprint density at radius 2 is 2.24 bits per heavy atom. The second-order valence-electron chi connectivity index (χ2n) is 6.71. The number of aliphatic hydroxyl groups is 1. The van der Waals surface area contributed by atoms with E-state index < -0.39 is 6.10 Å². The number of hydrogen-bond acceptors (Lipinski definition) is 4. The van der Waals surface area contributed by atoms with Crippen molar-refractivity contribution in [2.45, 2.75) is 30.4 Å². The van der Waals surface area contributed by atoms with Crippen molar-refractivity contribution in [3.8, 4) is 11.5 Å². The van der Waals surface area contributed by atoms with Gasteiger partial charge in [0.25, 0.3) is 0 Å². The molecule has 4 atom stereocenters. The molecule has 0 amide bonds. The van der Waals surface area contributed by atoms with Crippen LogP contribution in [0.2, 0.25) is 0 Å². The van der Waals surface area contributed by atoms with Gasteiger partial charge in [0.15, 0.2) is 23.4 Å². The van der Waals surface area contributed by atoms with E-state index in [1.807, 2.05) is 12.1 Å². The van der Waals surface area contributed by atoms with Crippen LogP contribution in [0.5, 0.6) is 11.5 Å². The van der Waals surface area contributed by atoms with Gasteiger partial charge in [-0.25, -0.2) is 0 Å². The summed E-state index contributed by atoms with van der Waals surface area (Å²) in [6.07, 6.45) is 3.52. The summed E-state index contributed by atoms with van der Waals surface area (Å²) in [5.41, 5.74) is 5.15. The third-order valence-electron chi connectivity index (χ3n) is 5.93. The molecular formula is C17H17NO3. The van der Waals surface area contributed by atoms with Gasteiger partial charge in [-0.3, -0.25) is 0 Å². The average Bonchev–Trinajstić information content (AvgIpc) is 2.83. The Balaban J connectivity index is 1.87. The van der Waals surface area contributed by atoms with E-state index >= 15 is 0 Å². The average molecular weight is 283 g/mol. The zero-order valence-electron chi connectivity index (χ0n) is 11.8. The maximum Gasteiger partial charge on any atom is 0.177 e. The molecule has 1 aromatic carbocycles. The molecule has 0 aromatic heterocycles. The first-order chi connectivity index (χ1) is 10.1. The lowest BCUT2D eigenvalue weighted by Crippen LogP contribution is -2.62. The van der Waals surface area contributed by atoms with Gasteiger partial charge in [-0.05, 0) is 44.1 Å². The zero-order chi connectivity index (χ0) is 14.4. The molecular weight excluding hydrogens is 266 g/mol. The first kappa shape index (κ1) is 11.7. The Kier molecular flexibility index (Phi) is 1.93. The van der Waals surface area contributed by atoms with Gasteiger partial charge in [0.05, 0.1) is 5.41 Å². The lowest BCUT2D eigenvalue weighted by molar-refractivity contribution is 0.00244. The van der Waals surface area contributed by atoms with Gasteiger partial charge < -0.3 is 19.8 Å². The van der Waals surface area contributed by atoms with Gasteiger partial charge in [0.2, 0.25) is 0 Å². The van der Waals surface area contributed by atoms with E-state index in [1.165, 1.54) is 5.56 Å². The third kappa shape index (κ3) is 1.14. The molecule has 2 bridgehead atoms. The highest BCUT2D eigenvalue weighted by Crippen LogP contribution is 2.62. The van der Waals surface area contributed by atoms with E-state index in [9.17, 15) is 10.2 Å². The van der Waals surface area contributed by atoms with Gasteiger partial charge >= 0.3 is 0 Å². The third-order valence-corrected chi connectivity index (χ3v) is 5.93. The maximum atomic E-state index is 10.3. The number of phenolic OH excluding ortho intramolecular Hbond substituents is 1. The molecule has 4 nitrogen and oxygen atoms in total. The predicted molar refractivity (Wildman–Crippen MR) is 76.7 cm³/mol. The summed E-state index contributed by atoms with van der Waals surface area (Å²) in [7, 11) is 2.17. The topological polar surface area (TPSA) is 52.9 Å². The van der Waals surface area contributed by atoms with Crippen LogP contribution in [-0.4, -0.2) is 40.9 Å². The summed E-state index contributed by atoms with van der Waals surface area (Å²) in [4.78, 5) is 2.40. The molecule has 2 N–H and O–H groups in total. The standard InChI is InChI=1S/C17H17NO3/c1-18-7-6-17-10-3-5-13(20)16(17)21-15-12(19)4-2-9(14(15)17)8-11(10)18/h2-4,10-11,16,19-20H,6-8H2,1H3/t10-,11+,16-,17-/m0/s1. The lowest BCUT2D eigenvalue weighted by Gasteiger charge is -2.54. The summed E-state index contributed by atoms with van der Waals surface area (Å²) in [5.74, 6) is 1.21. The van der Waals surface area contributed by atoms with E-state index in [0.29, 0.717) is 11.8 Å². The van der Waals surface area contributed by atoms with E-state index in [0.717, 1.165) is 24.9 Å². The van der Waals surface area contributed by atoms with Gasteiger partial charge in [-0.2, -0.15) is 0 Å². The smallest absolute Gasteiger partial charge is 0.177 e. The summed E-state index contributed by atoms with van der Waals surface area (Å²) < 4.78 is 6.02. The van der Waals surface area contributed by atoms with Gasteiger partial charge in [-0.15, -0.1) is 0 Å². The van der Waals surface area contributed by atoms with E-state index in [4.69, 9.17) is 4.74 Å². The fourth-order valence-corrected chi connectivity index (χ4v) is 4.99. The first-order valence-corrected chi connectivity index (χ1v) is 7.51. The van der Waals surface area contributed by atoms with Crippen molar-refractivity contribution in [3.63, 3.8) is 0 Å². The van der Waals surface area contributed by atoms with Crippen LogP contribution in [0.1, 0.15) is 17.5 Å². The highest BCUT2D eigenvalue weighted by molar-refractivity contribution is 5.62. The Morgan fingerprint density at radius 3 is 3.10 bits per heavy atom. The van der Waals surface area contributed by atoms with Crippen molar-refractivity contribution in [3.05, 3.63) is 40.8 Å². The van der Waals surface area contributed by atoms with Crippen molar-refractivity contribution in [1.82, 2.24) is 4.90 Å². The number of rotatable bonds is 0. The number of ether oxygens (including phenoxy) is 1. The number of aliphatic hydroxyl groups excluding tert-OH is 1. The number of phenols is 1. The van der Waals surface area contributed by atoms with E-state index in [-0.39, 0.29) is 22.8 Å². The lowest BCUT2D eigenvalue weighted by atomic mass is 9.54. The second kappa shape index (κ2) is 3.46. The van der Waals surface area contributed by atoms with Crippen LogP contribution in [0.25, 0.3) is 0 Å². The monoisotopic (exact) mass is 283 g/mol. The molecule has 0 saturated carbocycles. The number of likely N-dealkylation sites (tertiary alicyclic amines) is 1. The Bertz CT molecular complexity index is 734. The summed E-state index contributed by atoms with van der Waals surface area (Å²) >= 11 is 0. The predicted octanol–water partition coefficient (Wildman–Crippen LogP) is 1.88. The van der Waals surface area contributed by atoms with E-state index in [1.54, 1.807) is 6.07 Å². The van der Waals surface area contributed by atoms with Crippen LogP contribution in [-0.2, 0) is 11.8 Å². The minimum atomic E-state index is -0.397. The molecule has 2 aliphatic heterocycles. The van der Waals surface area contributed by atoms with Crippen molar-refractivity contribution in [2.24, 2.45) is 5.92 Å².